The average Bonchev–Trinajstić information content (AvgIpc) is 2.66. The molecule has 3 rings (SSSR count). The molecule has 0 amide bonds. The Bertz CT molecular complexity index is 1110. The first-order valence-electron chi connectivity index (χ1n) is 9.15. The van der Waals surface area contributed by atoms with Gasteiger partial charge in [0.1, 0.15) is 0 Å². The standard InChI is InChI=1S/C19H23NO7S2/c1-3-26-19(21)17-13-20(11-10-18(17)27-28(2,22)23)29(24,25)16-9-8-14-6-4-5-7-15(14)12-16/h4-9,12,17-18H,3,10-11,13H2,1-2H3. The number of rotatable bonds is 6. The highest BCUT2D eigenvalue weighted by Gasteiger charge is 2.42. The molecule has 10 heteroatoms. The summed E-state index contributed by atoms with van der Waals surface area (Å²) >= 11 is 0. The maximum Gasteiger partial charge on any atom is 0.312 e. The van der Waals surface area contributed by atoms with Crippen LogP contribution in [-0.2, 0) is 33.9 Å². The zero-order valence-electron chi connectivity index (χ0n) is 16.1. The van der Waals surface area contributed by atoms with Crippen molar-refractivity contribution in [1.29, 1.82) is 0 Å². The Morgan fingerprint density at radius 3 is 2.45 bits per heavy atom. The fourth-order valence-corrected chi connectivity index (χ4v) is 5.61. The maximum atomic E-state index is 13.2. The van der Waals surface area contributed by atoms with Crippen LogP contribution >= 0.6 is 0 Å². The van der Waals surface area contributed by atoms with Crippen LogP contribution in [-0.4, -0.2) is 59.2 Å². The quantitative estimate of drug-likeness (QED) is 0.496. The molecule has 2 unspecified atom stereocenters. The lowest BCUT2D eigenvalue weighted by atomic mass is 9.96. The summed E-state index contributed by atoms with van der Waals surface area (Å²) in [5.41, 5.74) is 0. The lowest BCUT2D eigenvalue weighted by Crippen LogP contribution is -2.50. The molecule has 2 aromatic carbocycles. The van der Waals surface area contributed by atoms with Crippen LogP contribution in [0.3, 0.4) is 0 Å². The van der Waals surface area contributed by atoms with Crippen molar-refractivity contribution in [3.63, 3.8) is 0 Å². The van der Waals surface area contributed by atoms with Crippen molar-refractivity contribution in [3.05, 3.63) is 42.5 Å². The number of sulfonamides is 1. The zero-order chi connectivity index (χ0) is 21.2. The van der Waals surface area contributed by atoms with Gasteiger partial charge in [-0.2, -0.15) is 12.7 Å². The van der Waals surface area contributed by atoms with E-state index in [1.54, 1.807) is 19.1 Å². The number of ether oxygens (including phenoxy) is 1. The van der Waals surface area contributed by atoms with Crippen LogP contribution in [0, 0.1) is 5.92 Å². The molecule has 158 valence electrons. The number of hydrogen-bond acceptors (Lipinski definition) is 7. The molecule has 29 heavy (non-hydrogen) atoms. The number of carbonyl (C=O) groups excluding carboxylic acids is 1. The first-order valence-corrected chi connectivity index (χ1v) is 12.4. The predicted molar refractivity (Wildman–Crippen MR) is 107 cm³/mol. The summed E-state index contributed by atoms with van der Waals surface area (Å²) in [6.45, 7) is 1.54. The molecule has 0 saturated carbocycles. The highest BCUT2D eigenvalue weighted by Crippen LogP contribution is 2.29. The van der Waals surface area contributed by atoms with Crippen molar-refractivity contribution in [1.82, 2.24) is 4.31 Å². The highest BCUT2D eigenvalue weighted by molar-refractivity contribution is 7.89. The third-order valence-electron chi connectivity index (χ3n) is 4.76. The molecule has 1 saturated heterocycles. The third-order valence-corrected chi connectivity index (χ3v) is 7.22. The van der Waals surface area contributed by atoms with Gasteiger partial charge in [-0.05, 0) is 36.2 Å². The Labute approximate surface area is 170 Å². The summed E-state index contributed by atoms with van der Waals surface area (Å²) < 4.78 is 60.6. The van der Waals surface area contributed by atoms with Gasteiger partial charge in [0.05, 0.1) is 29.8 Å². The predicted octanol–water partition coefficient (Wildman–Crippen LogP) is 1.76. The Morgan fingerprint density at radius 2 is 1.79 bits per heavy atom. The van der Waals surface area contributed by atoms with Gasteiger partial charge in [-0.25, -0.2) is 8.42 Å². The van der Waals surface area contributed by atoms with Gasteiger partial charge in [0.15, 0.2) is 0 Å². The molecule has 0 aromatic heterocycles. The highest BCUT2D eigenvalue weighted by atomic mass is 32.2. The van der Waals surface area contributed by atoms with Gasteiger partial charge < -0.3 is 4.74 Å². The van der Waals surface area contributed by atoms with Gasteiger partial charge in [-0.1, -0.05) is 30.3 Å². The molecular formula is C19H23NO7S2. The van der Waals surface area contributed by atoms with Crippen LogP contribution in [0.4, 0.5) is 0 Å². The molecule has 1 aliphatic heterocycles. The van der Waals surface area contributed by atoms with E-state index in [1.165, 1.54) is 10.4 Å². The summed E-state index contributed by atoms with van der Waals surface area (Å²) in [5.74, 6) is -1.71. The van der Waals surface area contributed by atoms with E-state index in [0.717, 1.165) is 17.0 Å². The van der Waals surface area contributed by atoms with E-state index in [-0.39, 0.29) is 31.0 Å². The molecule has 0 spiro atoms. The normalized spacial score (nSPS) is 21.2. The van der Waals surface area contributed by atoms with E-state index >= 15 is 0 Å². The van der Waals surface area contributed by atoms with Crippen molar-refractivity contribution < 1.29 is 30.6 Å². The van der Waals surface area contributed by atoms with E-state index in [4.69, 9.17) is 8.92 Å². The fraction of sp³-hybridized carbons (Fsp3) is 0.421. The van der Waals surface area contributed by atoms with Crippen LogP contribution < -0.4 is 0 Å². The second-order valence-corrected chi connectivity index (χ2v) is 10.4. The molecule has 0 N–H and O–H groups in total. The number of fused-ring (bicyclic) bond motifs is 1. The van der Waals surface area contributed by atoms with Crippen molar-refractivity contribution in [2.24, 2.45) is 5.92 Å². The van der Waals surface area contributed by atoms with Crippen LogP contribution in [0.25, 0.3) is 10.8 Å². The van der Waals surface area contributed by atoms with E-state index in [1.807, 2.05) is 24.3 Å². The van der Waals surface area contributed by atoms with Crippen LogP contribution in [0.1, 0.15) is 13.3 Å². The van der Waals surface area contributed by atoms with E-state index in [0.29, 0.717) is 0 Å². The van der Waals surface area contributed by atoms with E-state index in [9.17, 15) is 21.6 Å². The lowest BCUT2D eigenvalue weighted by Gasteiger charge is -2.35. The molecule has 1 fully saturated rings. The number of esters is 1. The lowest BCUT2D eigenvalue weighted by molar-refractivity contribution is -0.153. The maximum absolute atomic E-state index is 13.2. The molecule has 1 aliphatic rings. The van der Waals surface area contributed by atoms with Crippen LogP contribution in [0.5, 0.6) is 0 Å². The second-order valence-electron chi connectivity index (χ2n) is 6.86. The first-order chi connectivity index (χ1) is 13.6. The topological polar surface area (TPSA) is 107 Å². The molecule has 0 aliphatic carbocycles. The summed E-state index contributed by atoms with van der Waals surface area (Å²) in [5, 5.41) is 1.70. The molecule has 1 heterocycles. The number of piperidine rings is 1. The van der Waals surface area contributed by atoms with E-state index in [2.05, 4.69) is 0 Å². The van der Waals surface area contributed by atoms with Crippen molar-refractivity contribution in [3.8, 4) is 0 Å². The summed E-state index contributed by atoms with van der Waals surface area (Å²) in [7, 11) is -7.69. The Hall–Kier alpha value is -2.01. The number of nitrogens with zero attached hydrogens (tertiary/aromatic N) is 1. The van der Waals surface area contributed by atoms with Gasteiger partial charge in [-0.15, -0.1) is 0 Å². The Kier molecular flexibility index (Phi) is 6.27. The van der Waals surface area contributed by atoms with Crippen LogP contribution in [0.15, 0.2) is 47.4 Å². The first kappa shape index (κ1) is 21.7. The van der Waals surface area contributed by atoms with Gasteiger partial charge in [-0.3, -0.25) is 8.98 Å². The minimum atomic E-state index is -3.88. The minimum absolute atomic E-state index is 0.0330. The van der Waals surface area contributed by atoms with E-state index < -0.39 is 38.1 Å². The Morgan fingerprint density at radius 1 is 1.10 bits per heavy atom. The molecule has 0 bridgehead atoms. The van der Waals surface area contributed by atoms with Crippen molar-refractivity contribution in [2.75, 3.05) is 26.0 Å². The largest absolute Gasteiger partial charge is 0.466 e. The fourth-order valence-electron chi connectivity index (χ4n) is 3.41. The molecule has 8 nitrogen and oxygen atoms in total. The van der Waals surface area contributed by atoms with Gasteiger partial charge >= 0.3 is 5.97 Å². The molecular weight excluding hydrogens is 418 g/mol. The number of carbonyl (C=O) groups is 1. The Balaban J connectivity index is 1.90. The smallest absolute Gasteiger partial charge is 0.312 e. The van der Waals surface area contributed by atoms with Gasteiger partial charge in [0.2, 0.25) is 10.0 Å². The minimum Gasteiger partial charge on any atom is -0.466 e. The van der Waals surface area contributed by atoms with Crippen molar-refractivity contribution >= 4 is 36.9 Å². The molecule has 2 atom stereocenters. The number of hydrogen-bond donors (Lipinski definition) is 0. The summed E-state index contributed by atoms with van der Waals surface area (Å²) in [4.78, 5) is 12.5. The third kappa shape index (κ3) is 4.95. The van der Waals surface area contributed by atoms with Crippen LogP contribution in [0.2, 0.25) is 0 Å². The molecule has 0 radical (unpaired) electrons. The van der Waals surface area contributed by atoms with Gasteiger partial charge in [0, 0.05) is 13.1 Å². The van der Waals surface area contributed by atoms with Gasteiger partial charge in [0.25, 0.3) is 10.1 Å². The summed E-state index contributed by atoms with van der Waals surface area (Å²) in [6.07, 6.45) is -0.0105. The zero-order valence-corrected chi connectivity index (χ0v) is 17.8. The van der Waals surface area contributed by atoms with Crippen molar-refractivity contribution in [2.45, 2.75) is 24.3 Å². The monoisotopic (exact) mass is 441 g/mol. The SMILES string of the molecule is CCOC(=O)C1CN(S(=O)(=O)c2ccc3ccccc3c2)CCC1OS(C)(=O)=O. The average molecular weight is 442 g/mol. The number of benzene rings is 2. The second kappa shape index (κ2) is 8.39. The summed E-state index contributed by atoms with van der Waals surface area (Å²) in [6, 6.07) is 12.2. The molecule has 2 aromatic rings.